The molecule has 1 saturated heterocycles. The molecule has 0 radical (unpaired) electrons. The Morgan fingerprint density at radius 2 is 1.88 bits per heavy atom. The van der Waals surface area contributed by atoms with Crippen molar-refractivity contribution in [3.8, 4) is 0 Å². The summed E-state index contributed by atoms with van der Waals surface area (Å²) in [6, 6.07) is 10.7. The smallest absolute Gasteiger partial charge is 0.0233 e. The monoisotopic (exact) mass is 262 g/mol. The summed E-state index contributed by atoms with van der Waals surface area (Å²) in [6.45, 7) is 4.30. The van der Waals surface area contributed by atoms with Gasteiger partial charge < -0.3 is 5.73 Å². The van der Waals surface area contributed by atoms with E-state index in [0.717, 1.165) is 19.0 Å². The predicted octanol–water partition coefficient (Wildman–Crippen LogP) is 2.31. The first kappa shape index (κ1) is 15.7. The maximum absolute atomic E-state index is 5.66. The summed E-state index contributed by atoms with van der Waals surface area (Å²) in [7, 11) is 0. The van der Waals surface area contributed by atoms with Gasteiger partial charge in [-0.1, -0.05) is 30.3 Å². The van der Waals surface area contributed by atoms with E-state index in [1.165, 1.54) is 25.1 Å². The summed E-state index contributed by atoms with van der Waals surface area (Å²) < 4.78 is 0. The maximum Gasteiger partial charge on any atom is 0.0233 e. The van der Waals surface area contributed by atoms with Crippen molar-refractivity contribution >= 4 is 24.8 Å². The molecule has 1 aliphatic rings. The molecule has 0 aliphatic carbocycles. The van der Waals surface area contributed by atoms with E-state index in [-0.39, 0.29) is 24.8 Å². The Labute approximate surface area is 110 Å². The van der Waals surface area contributed by atoms with Crippen molar-refractivity contribution in [2.75, 3.05) is 19.6 Å². The van der Waals surface area contributed by atoms with E-state index in [4.69, 9.17) is 5.73 Å². The minimum absolute atomic E-state index is 0. The lowest BCUT2D eigenvalue weighted by Gasteiger charge is -2.15. The third-order valence-corrected chi connectivity index (χ3v) is 2.95. The fraction of sp³-hybridized carbons (Fsp3) is 0.500. The number of benzene rings is 1. The van der Waals surface area contributed by atoms with Crippen LogP contribution in [0.1, 0.15) is 12.0 Å². The Hall–Kier alpha value is -0.280. The van der Waals surface area contributed by atoms with Crippen LogP contribution in [-0.2, 0) is 6.54 Å². The minimum Gasteiger partial charge on any atom is -0.330 e. The molecule has 0 aromatic heterocycles. The third-order valence-electron chi connectivity index (χ3n) is 2.95. The molecule has 2 rings (SSSR count). The van der Waals surface area contributed by atoms with Crippen molar-refractivity contribution in [1.82, 2.24) is 4.90 Å². The van der Waals surface area contributed by atoms with Gasteiger partial charge in [0.1, 0.15) is 0 Å². The fourth-order valence-corrected chi connectivity index (χ4v) is 2.09. The molecule has 0 unspecified atom stereocenters. The van der Waals surface area contributed by atoms with Crippen LogP contribution in [0.3, 0.4) is 0 Å². The van der Waals surface area contributed by atoms with E-state index < -0.39 is 0 Å². The van der Waals surface area contributed by atoms with Crippen LogP contribution in [0.4, 0.5) is 0 Å². The number of likely N-dealkylation sites (tertiary alicyclic amines) is 1. The molecule has 1 atom stereocenters. The molecular formula is C12H20Cl2N2. The molecule has 92 valence electrons. The second-order valence-electron chi connectivity index (χ2n) is 4.11. The average molecular weight is 263 g/mol. The average Bonchev–Trinajstić information content (AvgIpc) is 2.67. The number of rotatable bonds is 3. The van der Waals surface area contributed by atoms with Crippen molar-refractivity contribution < 1.29 is 0 Å². The highest BCUT2D eigenvalue weighted by atomic mass is 35.5. The van der Waals surface area contributed by atoms with Crippen molar-refractivity contribution in [2.45, 2.75) is 13.0 Å². The van der Waals surface area contributed by atoms with E-state index >= 15 is 0 Å². The van der Waals surface area contributed by atoms with Crippen LogP contribution in [0, 0.1) is 5.92 Å². The number of nitrogens with two attached hydrogens (primary N) is 1. The van der Waals surface area contributed by atoms with Gasteiger partial charge in [0.2, 0.25) is 0 Å². The van der Waals surface area contributed by atoms with E-state index in [1.807, 2.05) is 0 Å². The highest BCUT2D eigenvalue weighted by molar-refractivity contribution is 5.85. The van der Waals surface area contributed by atoms with Crippen LogP contribution in [0.5, 0.6) is 0 Å². The second kappa shape index (κ2) is 7.91. The summed E-state index contributed by atoms with van der Waals surface area (Å²) >= 11 is 0. The fourth-order valence-electron chi connectivity index (χ4n) is 2.09. The van der Waals surface area contributed by atoms with Gasteiger partial charge in [0.05, 0.1) is 0 Å². The zero-order valence-corrected chi connectivity index (χ0v) is 11.0. The van der Waals surface area contributed by atoms with Crippen LogP contribution in [0.25, 0.3) is 0 Å². The van der Waals surface area contributed by atoms with Gasteiger partial charge >= 0.3 is 0 Å². The van der Waals surface area contributed by atoms with Gasteiger partial charge in [0.25, 0.3) is 0 Å². The lowest BCUT2D eigenvalue weighted by atomic mass is 10.1. The first-order chi connectivity index (χ1) is 6.88. The van der Waals surface area contributed by atoms with Gasteiger partial charge in [-0.3, -0.25) is 4.90 Å². The van der Waals surface area contributed by atoms with Crippen molar-refractivity contribution in [3.63, 3.8) is 0 Å². The molecule has 2 N–H and O–H groups in total. The number of hydrogen-bond donors (Lipinski definition) is 1. The Morgan fingerprint density at radius 1 is 1.19 bits per heavy atom. The highest BCUT2D eigenvalue weighted by Gasteiger charge is 2.20. The molecule has 1 aliphatic heterocycles. The molecule has 1 aromatic rings. The molecule has 0 bridgehead atoms. The van der Waals surface area contributed by atoms with Gasteiger partial charge in [0, 0.05) is 13.1 Å². The molecule has 0 saturated carbocycles. The van der Waals surface area contributed by atoms with Gasteiger partial charge in [-0.05, 0) is 31.0 Å². The zero-order valence-electron chi connectivity index (χ0n) is 9.34. The number of halogens is 2. The zero-order chi connectivity index (χ0) is 9.80. The topological polar surface area (TPSA) is 29.3 Å². The molecule has 1 fully saturated rings. The molecule has 0 spiro atoms. The van der Waals surface area contributed by atoms with E-state index in [2.05, 4.69) is 35.2 Å². The predicted molar refractivity (Wildman–Crippen MR) is 73.4 cm³/mol. The van der Waals surface area contributed by atoms with Crippen LogP contribution in [0.15, 0.2) is 30.3 Å². The molecule has 16 heavy (non-hydrogen) atoms. The molecule has 1 aromatic carbocycles. The molecule has 4 heteroatoms. The Morgan fingerprint density at radius 3 is 2.44 bits per heavy atom. The third kappa shape index (κ3) is 4.30. The number of hydrogen-bond acceptors (Lipinski definition) is 2. The summed E-state index contributed by atoms with van der Waals surface area (Å²) in [6.07, 6.45) is 1.27. The van der Waals surface area contributed by atoms with Crippen molar-refractivity contribution in [1.29, 1.82) is 0 Å². The maximum atomic E-state index is 5.66. The van der Waals surface area contributed by atoms with Gasteiger partial charge in [-0.15, -0.1) is 24.8 Å². The lowest BCUT2D eigenvalue weighted by molar-refractivity contribution is 0.318. The first-order valence-corrected chi connectivity index (χ1v) is 5.35. The van der Waals surface area contributed by atoms with Crippen molar-refractivity contribution in [2.24, 2.45) is 11.7 Å². The lowest BCUT2D eigenvalue weighted by Crippen LogP contribution is -2.22. The van der Waals surface area contributed by atoms with Crippen molar-refractivity contribution in [3.05, 3.63) is 35.9 Å². The Bertz CT molecular complexity index is 280. The standard InChI is InChI=1S/C12H18N2.2ClH/c13-8-12-6-7-14(10-12)9-11-4-2-1-3-5-11;;/h1-5,12H,6-10,13H2;2*1H/t12-;;/m1../s1. The van der Waals surface area contributed by atoms with Crippen LogP contribution < -0.4 is 5.73 Å². The Kier molecular flexibility index (Phi) is 7.77. The Balaban J connectivity index is 0.00000112. The summed E-state index contributed by atoms with van der Waals surface area (Å²) in [5, 5.41) is 0. The van der Waals surface area contributed by atoms with Gasteiger partial charge in [0.15, 0.2) is 0 Å². The first-order valence-electron chi connectivity index (χ1n) is 5.35. The highest BCUT2D eigenvalue weighted by Crippen LogP contribution is 2.17. The molecule has 0 amide bonds. The number of nitrogens with zero attached hydrogens (tertiary/aromatic N) is 1. The minimum atomic E-state index is 0. The van der Waals surface area contributed by atoms with E-state index in [0.29, 0.717) is 0 Å². The quantitative estimate of drug-likeness (QED) is 0.906. The van der Waals surface area contributed by atoms with E-state index in [1.54, 1.807) is 0 Å². The second-order valence-corrected chi connectivity index (χ2v) is 4.11. The summed E-state index contributed by atoms with van der Waals surface area (Å²) in [5.74, 6) is 0.721. The van der Waals surface area contributed by atoms with Gasteiger partial charge in [-0.2, -0.15) is 0 Å². The van der Waals surface area contributed by atoms with E-state index in [9.17, 15) is 0 Å². The molecular weight excluding hydrogens is 243 g/mol. The van der Waals surface area contributed by atoms with Gasteiger partial charge in [-0.25, -0.2) is 0 Å². The normalized spacial score (nSPS) is 19.9. The SMILES string of the molecule is Cl.Cl.NC[C@H]1CCN(Cc2ccccc2)C1. The van der Waals surface area contributed by atoms with Crippen LogP contribution in [0.2, 0.25) is 0 Å². The summed E-state index contributed by atoms with van der Waals surface area (Å²) in [5.41, 5.74) is 7.07. The van der Waals surface area contributed by atoms with Crippen LogP contribution in [-0.4, -0.2) is 24.5 Å². The molecule has 1 heterocycles. The molecule has 2 nitrogen and oxygen atoms in total. The van der Waals surface area contributed by atoms with Crippen LogP contribution >= 0.6 is 24.8 Å². The largest absolute Gasteiger partial charge is 0.330 e. The summed E-state index contributed by atoms with van der Waals surface area (Å²) in [4.78, 5) is 2.49.